The van der Waals surface area contributed by atoms with Gasteiger partial charge >= 0.3 is 0 Å². The highest BCUT2D eigenvalue weighted by Crippen LogP contribution is 2.76. The van der Waals surface area contributed by atoms with Gasteiger partial charge in [-0.2, -0.15) is 0 Å². The van der Waals surface area contributed by atoms with Crippen molar-refractivity contribution < 1.29 is 4.79 Å². The van der Waals surface area contributed by atoms with Crippen molar-refractivity contribution >= 4 is 5.91 Å². The van der Waals surface area contributed by atoms with Crippen LogP contribution in [0, 0.1) is 16.7 Å². The van der Waals surface area contributed by atoms with Crippen LogP contribution in [0.1, 0.15) is 44.6 Å². The molecule has 0 aromatic heterocycles. The van der Waals surface area contributed by atoms with Crippen molar-refractivity contribution in [1.29, 1.82) is 0 Å². The van der Waals surface area contributed by atoms with E-state index in [0.29, 0.717) is 5.92 Å². The topological polar surface area (TPSA) is 43.1 Å². The van der Waals surface area contributed by atoms with E-state index in [-0.39, 0.29) is 22.2 Å². The third-order valence-corrected chi connectivity index (χ3v) is 6.44. The van der Waals surface area contributed by atoms with Crippen molar-refractivity contribution in [2.75, 3.05) is 0 Å². The minimum atomic E-state index is -0.230. The highest BCUT2D eigenvalue weighted by molar-refractivity contribution is 5.83. The van der Waals surface area contributed by atoms with E-state index in [0.717, 1.165) is 19.3 Å². The molecule has 4 atom stereocenters. The lowest BCUT2D eigenvalue weighted by molar-refractivity contribution is -0.132. The zero-order valence-corrected chi connectivity index (χ0v) is 11.5. The first-order chi connectivity index (χ1) is 9.00. The highest BCUT2D eigenvalue weighted by atomic mass is 16.1. The molecule has 1 aromatic carbocycles. The molecule has 4 saturated carbocycles. The van der Waals surface area contributed by atoms with E-state index in [4.69, 9.17) is 5.73 Å². The first kappa shape index (κ1) is 11.5. The van der Waals surface area contributed by atoms with E-state index >= 15 is 0 Å². The lowest BCUT2D eigenvalue weighted by Gasteiger charge is -2.40. The molecule has 1 aromatic rings. The third kappa shape index (κ3) is 1.20. The predicted octanol–water partition coefficient (Wildman–Crippen LogP) is 3.01. The van der Waals surface area contributed by atoms with Crippen molar-refractivity contribution in [2.45, 2.75) is 44.4 Å². The highest BCUT2D eigenvalue weighted by Gasteiger charge is 2.72. The molecule has 2 nitrogen and oxygen atoms in total. The summed E-state index contributed by atoms with van der Waals surface area (Å²) in [6, 6.07) is 10.8. The van der Waals surface area contributed by atoms with Crippen LogP contribution in [0.5, 0.6) is 0 Å². The van der Waals surface area contributed by atoms with Crippen LogP contribution in [0.4, 0.5) is 0 Å². The number of primary amides is 1. The molecule has 0 radical (unpaired) electrons. The molecule has 4 aliphatic carbocycles. The summed E-state index contributed by atoms with van der Waals surface area (Å²) in [4.78, 5) is 12.2. The van der Waals surface area contributed by atoms with Crippen LogP contribution in [0.25, 0.3) is 0 Å². The largest absolute Gasteiger partial charge is 0.369 e. The number of carbonyl (C=O) groups is 1. The Morgan fingerprint density at radius 3 is 2.53 bits per heavy atom. The van der Waals surface area contributed by atoms with Crippen LogP contribution < -0.4 is 5.73 Å². The van der Waals surface area contributed by atoms with Gasteiger partial charge in [0.25, 0.3) is 0 Å². The summed E-state index contributed by atoms with van der Waals surface area (Å²) < 4.78 is 0. The van der Waals surface area contributed by atoms with Gasteiger partial charge in [0, 0.05) is 0 Å². The number of rotatable bonds is 2. The fourth-order valence-corrected chi connectivity index (χ4v) is 6.00. The minimum absolute atomic E-state index is 0.0463. The maximum Gasteiger partial charge on any atom is 0.224 e. The fraction of sp³-hybridized carbons (Fsp3) is 0.588. The molecular weight excluding hydrogens is 234 g/mol. The van der Waals surface area contributed by atoms with E-state index in [1.165, 1.54) is 18.4 Å². The Kier molecular flexibility index (Phi) is 1.95. The second-order valence-electron chi connectivity index (χ2n) is 7.49. The molecule has 0 saturated heterocycles. The molecule has 2 heteroatoms. The van der Waals surface area contributed by atoms with Gasteiger partial charge in [-0.15, -0.1) is 0 Å². The molecule has 4 fully saturated rings. The van der Waals surface area contributed by atoms with Crippen molar-refractivity contribution in [3.05, 3.63) is 35.9 Å². The SMILES string of the molecule is C[C@]12CC3CC1(C(N)=O)C[C@@](c1ccccc1)(C3)C2. The van der Waals surface area contributed by atoms with Gasteiger partial charge in [-0.1, -0.05) is 37.3 Å². The van der Waals surface area contributed by atoms with Crippen molar-refractivity contribution in [2.24, 2.45) is 22.5 Å². The second-order valence-corrected chi connectivity index (χ2v) is 7.49. The molecule has 4 aliphatic rings. The van der Waals surface area contributed by atoms with Gasteiger partial charge in [0.2, 0.25) is 5.91 Å². The normalized spacial score (nSPS) is 46.7. The molecule has 2 unspecified atom stereocenters. The molecule has 0 spiro atoms. The van der Waals surface area contributed by atoms with Crippen LogP contribution in [-0.4, -0.2) is 5.91 Å². The maximum atomic E-state index is 12.2. The third-order valence-electron chi connectivity index (χ3n) is 6.44. The lowest BCUT2D eigenvalue weighted by Crippen LogP contribution is -2.43. The van der Waals surface area contributed by atoms with Gasteiger partial charge < -0.3 is 5.73 Å². The monoisotopic (exact) mass is 255 g/mol. The van der Waals surface area contributed by atoms with E-state index in [1.54, 1.807) is 0 Å². The van der Waals surface area contributed by atoms with E-state index < -0.39 is 0 Å². The summed E-state index contributed by atoms with van der Waals surface area (Å²) in [5.74, 6) is 0.648. The van der Waals surface area contributed by atoms with Crippen LogP contribution in [0.3, 0.4) is 0 Å². The van der Waals surface area contributed by atoms with E-state index in [2.05, 4.69) is 37.3 Å². The molecule has 0 aliphatic heterocycles. The van der Waals surface area contributed by atoms with E-state index in [1.807, 2.05) is 0 Å². The number of benzene rings is 1. The average molecular weight is 255 g/mol. The van der Waals surface area contributed by atoms with Gasteiger partial charge in [-0.3, -0.25) is 4.79 Å². The number of carbonyl (C=O) groups excluding carboxylic acids is 1. The number of hydrogen-bond acceptors (Lipinski definition) is 1. The zero-order valence-electron chi connectivity index (χ0n) is 11.5. The van der Waals surface area contributed by atoms with Crippen molar-refractivity contribution in [1.82, 2.24) is 0 Å². The number of hydrogen-bond donors (Lipinski definition) is 1. The Labute approximate surface area is 114 Å². The zero-order chi connectivity index (χ0) is 13.3. The molecule has 2 N–H and O–H groups in total. The molecule has 19 heavy (non-hydrogen) atoms. The summed E-state index contributed by atoms with van der Waals surface area (Å²) in [5.41, 5.74) is 7.39. The molecule has 100 valence electrons. The molecular formula is C17H21NO. The first-order valence-electron chi connectivity index (χ1n) is 7.35. The second kappa shape index (κ2) is 3.23. The van der Waals surface area contributed by atoms with Crippen molar-refractivity contribution in [3.8, 4) is 0 Å². The quantitative estimate of drug-likeness (QED) is 0.867. The van der Waals surface area contributed by atoms with E-state index in [9.17, 15) is 4.79 Å². The van der Waals surface area contributed by atoms with Crippen LogP contribution >= 0.6 is 0 Å². The summed E-state index contributed by atoms with van der Waals surface area (Å²) in [5, 5.41) is 0. The standard InChI is InChI=1S/C17H21NO/c1-15-7-12-8-16(10-15,13-5-3-2-4-6-13)11-17(15,9-12)14(18)19/h2-6,12H,7-11H2,1H3,(H2,18,19)/t12?,15-,16-,17?/m1/s1. The molecule has 0 heterocycles. The fourth-order valence-electron chi connectivity index (χ4n) is 6.00. The summed E-state index contributed by atoms with van der Waals surface area (Å²) in [6.45, 7) is 2.31. The Bertz CT molecular complexity index is 554. The maximum absolute atomic E-state index is 12.2. The Morgan fingerprint density at radius 1 is 1.16 bits per heavy atom. The summed E-state index contributed by atoms with van der Waals surface area (Å²) in [6.07, 6.45) is 5.61. The lowest BCUT2D eigenvalue weighted by atomic mass is 9.63. The number of amides is 1. The Balaban J connectivity index is 1.86. The molecule has 5 rings (SSSR count). The Hall–Kier alpha value is -1.31. The average Bonchev–Trinajstić information content (AvgIpc) is 2.69. The van der Waals surface area contributed by atoms with Gasteiger partial charge in [-0.05, 0) is 54.4 Å². The van der Waals surface area contributed by atoms with Crippen LogP contribution in [0.15, 0.2) is 30.3 Å². The van der Waals surface area contributed by atoms with Gasteiger partial charge in [0.05, 0.1) is 5.41 Å². The Morgan fingerprint density at radius 2 is 1.89 bits per heavy atom. The molecule has 1 amide bonds. The van der Waals surface area contributed by atoms with Crippen molar-refractivity contribution in [3.63, 3.8) is 0 Å². The van der Waals surface area contributed by atoms with Crippen LogP contribution in [-0.2, 0) is 10.2 Å². The predicted molar refractivity (Wildman–Crippen MR) is 74.4 cm³/mol. The van der Waals surface area contributed by atoms with Gasteiger partial charge in [0.15, 0.2) is 0 Å². The summed E-state index contributed by atoms with van der Waals surface area (Å²) in [7, 11) is 0. The van der Waals surface area contributed by atoms with Crippen LogP contribution in [0.2, 0.25) is 0 Å². The minimum Gasteiger partial charge on any atom is -0.369 e. The number of nitrogens with two attached hydrogens (primary N) is 1. The molecule has 4 bridgehead atoms. The summed E-state index contributed by atoms with van der Waals surface area (Å²) >= 11 is 0. The first-order valence-corrected chi connectivity index (χ1v) is 7.35. The van der Waals surface area contributed by atoms with Gasteiger partial charge in [0.1, 0.15) is 0 Å². The van der Waals surface area contributed by atoms with Gasteiger partial charge in [-0.25, -0.2) is 0 Å². The smallest absolute Gasteiger partial charge is 0.224 e.